The number of hydrogen-bond acceptors (Lipinski definition) is 46. The molecule has 0 amide bonds. The molecule has 0 aromatic heterocycles. The highest BCUT2D eigenvalue weighted by atomic mass is 16.8. The van der Waals surface area contributed by atoms with Crippen molar-refractivity contribution in [2.45, 2.75) is 276 Å². The van der Waals surface area contributed by atoms with Crippen LogP contribution in [0.3, 0.4) is 0 Å². The quantitative estimate of drug-likeness (QED) is 0.0404. The van der Waals surface area contributed by atoms with Crippen LogP contribution in [0, 0.1) is 0 Å². The van der Waals surface area contributed by atoms with Gasteiger partial charge in [-0.3, -0.25) is 0 Å². The summed E-state index contributed by atoms with van der Waals surface area (Å²) in [5.74, 6) is 0. The zero-order chi connectivity index (χ0) is 73.4. The minimum atomic E-state index is -2.30. The largest absolute Gasteiger partial charge is 0.394 e. The van der Waals surface area contributed by atoms with Crippen molar-refractivity contribution in [3.05, 3.63) is 0 Å². The van der Waals surface area contributed by atoms with E-state index in [-0.39, 0.29) is 0 Å². The number of ether oxygens (including phenoxy) is 17. The lowest BCUT2D eigenvalue weighted by Gasteiger charge is -2.50. The summed E-state index contributed by atoms with van der Waals surface area (Å²) >= 11 is 0. The molecule has 0 radical (unpaired) electrons. The van der Waals surface area contributed by atoms with Crippen molar-refractivity contribution in [2.75, 3.05) is 59.5 Å². The Morgan fingerprint density at radius 1 is 0.150 bits per heavy atom. The first-order chi connectivity index (χ1) is 47.5. The molecule has 45 atom stereocenters. The van der Waals surface area contributed by atoms with Crippen LogP contribution in [0.25, 0.3) is 0 Å². The highest BCUT2D eigenvalue weighted by Gasteiger charge is 2.60. The second-order valence-corrected chi connectivity index (χ2v) is 25.2. The Morgan fingerprint density at radius 3 is 0.460 bits per heavy atom. The van der Waals surface area contributed by atoms with Gasteiger partial charge in [-0.05, 0) is 0 Å². The summed E-state index contributed by atoms with van der Waals surface area (Å²) in [5, 5.41) is 311. The van der Waals surface area contributed by atoms with Gasteiger partial charge < -0.3 is 229 Å². The second kappa shape index (κ2) is 35.5. The lowest BCUT2D eigenvalue weighted by atomic mass is 9.95. The van der Waals surface area contributed by atoms with E-state index < -0.39 is 336 Å². The molecule has 46 heteroatoms. The van der Waals surface area contributed by atoms with Crippen molar-refractivity contribution >= 4 is 0 Å². The Hall–Kier alpha value is -1.84. The first-order valence-electron chi connectivity index (χ1n) is 31.7. The van der Waals surface area contributed by atoms with E-state index in [1.807, 2.05) is 0 Å². The van der Waals surface area contributed by atoms with Crippen LogP contribution in [-0.4, -0.2) is 484 Å². The smallest absolute Gasteiger partial charge is 0.187 e. The van der Waals surface area contributed by atoms with Gasteiger partial charge in [-0.15, -0.1) is 0 Å². The predicted molar refractivity (Wildman–Crippen MR) is 297 cm³/mol. The molecule has 9 aliphatic heterocycles. The van der Waals surface area contributed by atoms with E-state index in [1.165, 1.54) is 0 Å². The van der Waals surface area contributed by atoms with Gasteiger partial charge in [-0.2, -0.15) is 0 Å². The van der Waals surface area contributed by atoms with Crippen molar-refractivity contribution in [3.8, 4) is 0 Å². The lowest BCUT2D eigenvalue weighted by molar-refractivity contribution is -0.400. The van der Waals surface area contributed by atoms with E-state index in [1.54, 1.807) is 0 Å². The Kier molecular flexibility index (Phi) is 29.2. The molecular formula is C54H92O46. The monoisotopic (exact) mass is 1480 g/mol. The van der Waals surface area contributed by atoms with E-state index in [0.717, 1.165) is 0 Å². The number of aliphatic hydroxyl groups is 29. The molecular weight excluding hydrogens is 1380 g/mol. The standard InChI is InChI=1S/C54H92O46/c55-1-10-19(64)20(65)30(75)47(85-10)94-39-12(3-57)87-49(32(77)22(39)67)96-41-14(5-59)89-51(34(79)24(41)69)98-43-16(7-61)91-53(36(81)26(43)71)100-45-18(9-63)92-54(37(82)28(45)73)99-44-17(8-62)90-52(35(80)27(44)72)97-42-15(6-60)88-50(33(78)25(42)70)95-40-13(4-58)86-48(31(76)23(40)68)93-38-11(2-56)84-46(83)29(74)21(38)66/h10-83H,1-9H2/t10-,11+,12-,13+,14-,15+,16-,17+,18-,19-,20+,21+,22-,23+,24-,25+,26-,27+,28-,29+,30-,31+,32-,33+,34-,35+,36-,37-,38+,39-,40+,41-,42+,43-,44+,45-,46?,47-,48+,49-,50+,51-,52+,53-,54-/m0/s1. The van der Waals surface area contributed by atoms with Crippen LogP contribution in [0.2, 0.25) is 0 Å². The van der Waals surface area contributed by atoms with Crippen molar-refractivity contribution in [2.24, 2.45) is 0 Å². The van der Waals surface area contributed by atoms with Crippen molar-refractivity contribution in [1.82, 2.24) is 0 Å². The van der Waals surface area contributed by atoms with Gasteiger partial charge in [0.2, 0.25) is 0 Å². The van der Waals surface area contributed by atoms with Gasteiger partial charge in [0.25, 0.3) is 0 Å². The summed E-state index contributed by atoms with van der Waals surface area (Å²) in [6, 6.07) is 0. The maximum Gasteiger partial charge on any atom is 0.187 e. The SMILES string of the molecule is OC[C@@H]1O[C@@H](O[C@@H]2[C@@H](O)[C@H](O)[C@H](O[C@@H]3[C@@H](O)[C@H](O)[C@H](O[C@@H]4[C@@H](O)[C@H](O)[C@H](O[C@@H]5[C@@H](O)[C@H](O)[C@H](O[C@H]6[C@H](O)[C@@H](O)[C@@H](O[C@H]7[C@H](O)[C@@H](O)[C@@H](O[C@H]8[C@H](O)[C@@H](O)[C@@H](O[C@H]9[C@H](O)[C@@H](O)C(O)O[C@@H]9CO)O[C@@H]8CO)O[C@@H]7CO)O[C@@H]6CO)O[C@H]5CO)O[C@H]4CO)O[C@H]3CO)O[C@H]2CO)[C@@H](O)[C@H](O)[C@H]1O. The Balaban J connectivity index is 0.771. The molecule has 9 heterocycles. The molecule has 1 unspecified atom stereocenters. The van der Waals surface area contributed by atoms with E-state index in [2.05, 4.69) is 0 Å². The van der Waals surface area contributed by atoms with Crippen molar-refractivity contribution in [1.29, 1.82) is 0 Å². The molecule has 9 fully saturated rings. The fourth-order valence-corrected chi connectivity index (χ4v) is 13.0. The van der Waals surface area contributed by atoms with Crippen LogP contribution in [-0.2, 0) is 80.5 Å². The van der Waals surface area contributed by atoms with Crippen LogP contribution in [0.15, 0.2) is 0 Å². The molecule has 29 N–H and O–H groups in total. The predicted octanol–water partition coefficient (Wildman–Crippen LogP) is -20.6. The molecule has 0 spiro atoms. The van der Waals surface area contributed by atoms with Gasteiger partial charge in [0.1, 0.15) is 220 Å². The molecule has 0 aromatic carbocycles. The zero-order valence-corrected chi connectivity index (χ0v) is 52.3. The van der Waals surface area contributed by atoms with Crippen molar-refractivity contribution in [3.63, 3.8) is 0 Å². The van der Waals surface area contributed by atoms with E-state index in [9.17, 15) is 148 Å². The maximum atomic E-state index is 11.5. The minimum Gasteiger partial charge on any atom is -0.394 e. The summed E-state index contributed by atoms with van der Waals surface area (Å²) in [5.41, 5.74) is 0. The summed E-state index contributed by atoms with van der Waals surface area (Å²) in [6.07, 6.45) is -89.5. The molecule has 0 aromatic rings. The van der Waals surface area contributed by atoms with Crippen molar-refractivity contribution < 1.29 is 229 Å². The van der Waals surface area contributed by atoms with Crippen LogP contribution < -0.4 is 0 Å². The first-order valence-corrected chi connectivity index (χ1v) is 31.7. The number of hydrogen-bond donors (Lipinski definition) is 29. The molecule has 9 saturated heterocycles. The van der Waals surface area contributed by atoms with Gasteiger partial charge in [-0.25, -0.2) is 0 Å². The van der Waals surface area contributed by atoms with Gasteiger partial charge in [-0.1, -0.05) is 0 Å². The summed E-state index contributed by atoms with van der Waals surface area (Å²) < 4.78 is 94.9. The second-order valence-electron chi connectivity index (χ2n) is 25.2. The highest BCUT2D eigenvalue weighted by Crippen LogP contribution is 2.40. The fourth-order valence-electron chi connectivity index (χ4n) is 13.0. The Bertz CT molecular complexity index is 2440. The first kappa shape index (κ1) is 82.2. The molecule has 9 rings (SSSR count). The molecule has 584 valence electrons. The average Bonchev–Trinajstić information content (AvgIpc) is 0.779. The normalized spacial score (nSPS) is 53.7. The molecule has 0 aliphatic carbocycles. The van der Waals surface area contributed by atoms with Crippen LogP contribution >= 0.6 is 0 Å². The maximum absolute atomic E-state index is 11.5. The number of rotatable bonds is 25. The molecule has 9 aliphatic rings. The summed E-state index contributed by atoms with van der Waals surface area (Å²) in [6.45, 7) is -9.29. The van der Waals surface area contributed by atoms with E-state index >= 15 is 0 Å². The fraction of sp³-hybridized carbons (Fsp3) is 1.00. The van der Waals surface area contributed by atoms with E-state index in [4.69, 9.17) is 80.5 Å². The number of aliphatic hydroxyl groups excluding tert-OH is 29. The third-order valence-electron chi connectivity index (χ3n) is 18.8. The third kappa shape index (κ3) is 16.7. The highest BCUT2D eigenvalue weighted by molar-refractivity contribution is 5.02. The van der Waals surface area contributed by atoms with Gasteiger partial charge >= 0.3 is 0 Å². The van der Waals surface area contributed by atoms with Gasteiger partial charge in [0.05, 0.1) is 59.5 Å². The minimum absolute atomic E-state index is 0.862. The molecule has 0 saturated carbocycles. The van der Waals surface area contributed by atoms with Gasteiger partial charge in [0, 0.05) is 0 Å². The van der Waals surface area contributed by atoms with Crippen LogP contribution in [0.1, 0.15) is 0 Å². The summed E-state index contributed by atoms with van der Waals surface area (Å²) in [4.78, 5) is 0. The lowest BCUT2D eigenvalue weighted by Crippen LogP contribution is -2.68. The van der Waals surface area contributed by atoms with Crippen LogP contribution in [0.5, 0.6) is 0 Å². The topological polar surface area (TPSA) is 744 Å². The summed E-state index contributed by atoms with van der Waals surface area (Å²) in [7, 11) is 0. The Labute approximate surface area is 563 Å². The van der Waals surface area contributed by atoms with E-state index in [0.29, 0.717) is 0 Å². The van der Waals surface area contributed by atoms with Gasteiger partial charge in [0.15, 0.2) is 56.6 Å². The van der Waals surface area contributed by atoms with Crippen LogP contribution in [0.4, 0.5) is 0 Å². The zero-order valence-electron chi connectivity index (χ0n) is 52.3. The Morgan fingerprint density at radius 2 is 0.290 bits per heavy atom. The third-order valence-corrected chi connectivity index (χ3v) is 18.8. The molecule has 0 bridgehead atoms. The molecule has 46 nitrogen and oxygen atoms in total. The average molecular weight is 1480 g/mol. The molecule has 100 heavy (non-hydrogen) atoms.